The fraction of sp³-hybridized carbons (Fsp3) is 0.462. The zero-order valence-corrected chi connectivity index (χ0v) is 22.7. The maximum atomic E-state index is 13.6. The number of aliphatic carboxylic acids is 1. The van der Waals surface area contributed by atoms with Crippen molar-refractivity contribution in [2.45, 2.75) is 26.7 Å². The number of carbonyl (C=O) groups is 3. The summed E-state index contributed by atoms with van der Waals surface area (Å²) in [5.74, 6) is -0.373. The molecule has 3 amide bonds. The smallest absolute Gasteiger partial charge is 0.321 e. The molecule has 0 unspecified atom stereocenters. The van der Waals surface area contributed by atoms with Crippen molar-refractivity contribution in [1.29, 1.82) is 0 Å². The number of anilines is 2. The number of rotatable bonds is 6. The molecule has 0 aliphatic carbocycles. The highest BCUT2D eigenvalue weighted by molar-refractivity contribution is 7.22. The van der Waals surface area contributed by atoms with Gasteiger partial charge in [-0.3, -0.25) is 14.5 Å². The van der Waals surface area contributed by atoms with E-state index < -0.39 is 17.4 Å². The standard InChI is InChI=1S/C26H31N7O5S/c1-3-33(23(27)37)25-30-19-13-16(12-18(20(19)39-25)21(34)31-8-10-38-11-9-31)17-14-28-24(29-15-17)32-6-4-26(2,5-7-32)22(35)36/h12-15H,3-11H2,1-2H3,(H2,27,37)(H,35,36). The molecule has 5 rings (SSSR count). The van der Waals surface area contributed by atoms with Crippen LogP contribution in [0.25, 0.3) is 21.3 Å². The van der Waals surface area contributed by atoms with Crippen LogP contribution in [-0.4, -0.2) is 88.8 Å². The number of carbonyl (C=O) groups excluding carboxylic acids is 2. The van der Waals surface area contributed by atoms with E-state index in [4.69, 9.17) is 10.5 Å². The Bertz CT molecular complexity index is 1400. The Kier molecular flexibility index (Phi) is 7.36. The zero-order valence-electron chi connectivity index (χ0n) is 21.9. The third kappa shape index (κ3) is 5.23. The summed E-state index contributed by atoms with van der Waals surface area (Å²) in [5, 5.41) is 9.93. The Balaban J connectivity index is 1.48. The topological polar surface area (TPSA) is 155 Å². The van der Waals surface area contributed by atoms with E-state index in [9.17, 15) is 19.5 Å². The lowest BCUT2D eigenvalue weighted by atomic mass is 9.80. The number of piperidine rings is 1. The number of ether oxygens (including phenoxy) is 1. The lowest BCUT2D eigenvalue weighted by Gasteiger charge is -2.36. The SMILES string of the molecule is CCN(C(N)=O)c1nc2cc(-c3cnc(N4CCC(C)(C(=O)O)CC4)nc3)cc(C(=O)N3CCOCC3)c2s1. The van der Waals surface area contributed by atoms with E-state index in [1.54, 1.807) is 24.2 Å². The molecule has 4 heterocycles. The minimum absolute atomic E-state index is 0.130. The van der Waals surface area contributed by atoms with Crippen molar-refractivity contribution in [3.63, 3.8) is 0 Å². The van der Waals surface area contributed by atoms with Crippen molar-refractivity contribution < 1.29 is 24.2 Å². The Morgan fingerprint density at radius 3 is 2.36 bits per heavy atom. The number of nitrogens with two attached hydrogens (primary N) is 1. The molecule has 206 valence electrons. The maximum Gasteiger partial charge on any atom is 0.321 e. The average Bonchev–Trinajstić information content (AvgIpc) is 3.37. The van der Waals surface area contributed by atoms with Gasteiger partial charge >= 0.3 is 12.0 Å². The second-order valence-electron chi connectivity index (χ2n) is 9.98. The van der Waals surface area contributed by atoms with Crippen molar-refractivity contribution >= 4 is 50.5 Å². The molecule has 2 aliphatic heterocycles. The predicted octanol–water partition coefficient (Wildman–Crippen LogP) is 2.82. The molecular formula is C26H31N7O5S. The third-order valence-electron chi connectivity index (χ3n) is 7.46. The van der Waals surface area contributed by atoms with Crippen molar-refractivity contribution in [3.8, 4) is 11.1 Å². The summed E-state index contributed by atoms with van der Waals surface area (Å²) < 4.78 is 6.09. The molecule has 39 heavy (non-hydrogen) atoms. The summed E-state index contributed by atoms with van der Waals surface area (Å²) in [7, 11) is 0. The first-order valence-electron chi connectivity index (χ1n) is 12.9. The van der Waals surface area contributed by atoms with Crippen molar-refractivity contribution in [2.75, 3.05) is 55.7 Å². The average molecular weight is 554 g/mol. The number of aromatic nitrogens is 3. The number of amides is 3. The molecule has 2 fully saturated rings. The molecule has 0 radical (unpaired) electrons. The van der Waals surface area contributed by atoms with Gasteiger partial charge in [-0.05, 0) is 44.4 Å². The molecule has 0 saturated carbocycles. The number of morpholine rings is 1. The van der Waals surface area contributed by atoms with Gasteiger partial charge in [0.25, 0.3) is 5.91 Å². The molecule has 0 bridgehead atoms. The summed E-state index contributed by atoms with van der Waals surface area (Å²) in [4.78, 5) is 56.0. The summed E-state index contributed by atoms with van der Waals surface area (Å²) >= 11 is 1.26. The van der Waals surface area contributed by atoms with Gasteiger partial charge < -0.3 is 25.4 Å². The van der Waals surface area contributed by atoms with Crippen molar-refractivity contribution in [3.05, 3.63) is 30.1 Å². The van der Waals surface area contributed by atoms with Crippen LogP contribution >= 0.6 is 11.3 Å². The quantitative estimate of drug-likeness (QED) is 0.469. The van der Waals surface area contributed by atoms with E-state index in [2.05, 4.69) is 15.0 Å². The van der Waals surface area contributed by atoms with Gasteiger partial charge in [-0.15, -0.1) is 0 Å². The van der Waals surface area contributed by atoms with Gasteiger partial charge in [-0.1, -0.05) is 11.3 Å². The van der Waals surface area contributed by atoms with Gasteiger partial charge in [0.05, 0.1) is 34.4 Å². The predicted molar refractivity (Wildman–Crippen MR) is 147 cm³/mol. The van der Waals surface area contributed by atoms with Gasteiger partial charge in [0, 0.05) is 50.7 Å². The van der Waals surface area contributed by atoms with Crippen LogP contribution in [0.15, 0.2) is 24.5 Å². The molecule has 3 aromatic rings. The Morgan fingerprint density at radius 2 is 1.77 bits per heavy atom. The largest absolute Gasteiger partial charge is 0.481 e. The monoisotopic (exact) mass is 553 g/mol. The summed E-state index contributed by atoms with van der Waals surface area (Å²) in [5.41, 5.74) is 7.33. The fourth-order valence-electron chi connectivity index (χ4n) is 4.83. The molecule has 1 aromatic carbocycles. The zero-order chi connectivity index (χ0) is 27.7. The number of carboxylic acid groups (broad SMARTS) is 1. The van der Waals surface area contributed by atoms with Gasteiger partial charge in [0.2, 0.25) is 5.95 Å². The molecule has 2 aromatic heterocycles. The molecular weight excluding hydrogens is 522 g/mol. The second kappa shape index (κ2) is 10.7. The normalized spacial score (nSPS) is 17.3. The van der Waals surface area contributed by atoms with Crippen LogP contribution < -0.4 is 15.5 Å². The van der Waals surface area contributed by atoms with E-state index in [0.717, 1.165) is 5.56 Å². The fourth-order valence-corrected chi connectivity index (χ4v) is 5.95. The van der Waals surface area contributed by atoms with Crippen LogP contribution in [0, 0.1) is 5.41 Å². The Labute approximate surface area is 229 Å². The van der Waals surface area contributed by atoms with Gasteiger partial charge in [0.15, 0.2) is 5.13 Å². The number of primary amides is 1. The van der Waals surface area contributed by atoms with E-state index in [1.165, 1.54) is 16.2 Å². The summed E-state index contributed by atoms with van der Waals surface area (Å²) in [6.45, 7) is 6.99. The van der Waals surface area contributed by atoms with Crippen LogP contribution in [0.4, 0.5) is 15.9 Å². The van der Waals surface area contributed by atoms with Crippen molar-refractivity contribution in [2.24, 2.45) is 11.1 Å². The number of carboxylic acids is 1. The Hall–Kier alpha value is -3.84. The summed E-state index contributed by atoms with van der Waals surface area (Å²) in [6.07, 6.45) is 4.44. The first kappa shape index (κ1) is 26.8. The number of nitrogens with zero attached hydrogens (tertiary/aromatic N) is 6. The van der Waals surface area contributed by atoms with E-state index in [1.807, 2.05) is 24.0 Å². The number of benzene rings is 1. The molecule has 0 atom stereocenters. The van der Waals surface area contributed by atoms with Gasteiger partial charge in [0.1, 0.15) is 0 Å². The third-order valence-corrected chi connectivity index (χ3v) is 8.59. The van der Waals surface area contributed by atoms with Gasteiger partial charge in [-0.2, -0.15) is 0 Å². The van der Waals surface area contributed by atoms with E-state index in [-0.39, 0.29) is 5.91 Å². The molecule has 0 spiro atoms. The Morgan fingerprint density at radius 1 is 1.10 bits per heavy atom. The lowest BCUT2D eigenvalue weighted by molar-refractivity contribution is -0.149. The number of fused-ring (bicyclic) bond motifs is 1. The first-order chi connectivity index (χ1) is 18.7. The van der Waals surface area contributed by atoms with Crippen LogP contribution in [0.2, 0.25) is 0 Å². The van der Waals surface area contributed by atoms with Gasteiger partial charge in [-0.25, -0.2) is 19.7 Å². The number of urea groups is 1. The molecule has 12 nitrogen and oxygen atoms in total. The maximum absolute atomic E-state index is 13.6. The highest BCUT2D eigenvalue weighted by atomic mass is 32.1. The van der Waals surface area contributed by atoms with Crippen molar-refractivity contribution in [1.82, 2.24) is 19.9 Å². The highest BCUT2D eigenvalue weighted by Gasteiger charge is 2.37. The number of hydrogen-bond donors (Lipinski definition) is 2. The minimum atomic E-state index is -0.778. The van der Waals surface area contributed by atoms with E-state index in [0.29, 0.717) is 91.2 Å². The molecule has 2 saturated heterocycles. The van der Waals surface area contributed by atoms with E-state index >= 15 is 0 Å². The minimum Gasteiger partial charge on any atom is -0.481 e. The van der Waals surface area contributed by atoms with Crippen LogP contribution in [-0.2, 0) is 9.53 Å². The van der Waals surface area contributed by atoms with Crippen LogP contribution in [0.1, 0.15) is 37.0 Å². The molecule has 3 N–H and O–H groups in total. The van der Waals surface area contributed by atoms with Crippen LogP contribution in [0.3, 0.4) is 0 Å². The second-order valence-corrected chi connectivity index (χ2v) is 11.0. The highest BCUT2D eigenvalue weighted by Crippen LogP contribution is 2.36. The number of thiazole rings is 1. The van der Waals surface area contributed by atoms with Crippen LogP contribution in [0.5, 0.6) is 0 Å². The lowest BCUT2D eigenvalue weighted by Crippen LogP contribution is -2.43. The molecule has 13 heteroatoms. The molecule has 2 aliphatic rings. The first-order valence-corrected chi connectivity index (χ1v) is 13.7. The summed E-state index contributed by atoms with van der Waals surface area (Å²) in [6, 6.07) is 3.07. The number of hydrogen-bond acceptors (Lipinski definition) is 9.